The third-order valence-electron chi connectivity index (χ3n) is 6.93. The van der Waals surface area contributed by atoms with Crippen molar-refractivity contribution in [1.82, 2.24) is 25.2 Å². The molecule has 0 aromatic carbocycles. The molecular formula is C25H27FN6O4. The number of piperidine rings is 1. The number of nitrogens with zero attached hydrogens (tertiary/aromatic N) is 4. The summed E-state index contributed by atoms with van der Waals surface area (Å²) in [5.74, 6) is 2.07. The predicted octanol–water partition coefficient (Wildman–Crippen LogP) is 2.04. The van der Waals surface area contributed by atoms with Gasteiger partial charge in [0.2, 0.25) is 5.88 Å². The van der Waals surface area contributed by atoms with Crippen LogP contribution >= 0.6 is 0 Å². The van der Waals surface area contributed by atoms with E-state index in [2.05, 4.69) is 30.5 Å². The molecular weight excluding hydrogens is 467 g/mol. The number of pyridine rings is 3. The van der Waals surface area contributed by atoms with Crippen molar-refractivity contribution >= 4 is 22.8 Å². The van der Waals surface area contributed by atoms with Gasteiger partial charge in [-0.1, -0.05) is 0 Å². The Morgan fingerprint density at radius 2 is 2.14 bits per heavy atom. The number of rotatable bonds is 6. The zero-order valence-electron chi connectivity index (χ0n) is 19.9. The second kappa shape index (κ2) is 9.47. The van der Waals surface area contributed by atoms with Crippen LogP contribution in [0, 0.1) is 0 Å². The average Bonchev–Trinajstić information content (AvgIpc) is 3.30. The summed E-state index contributed by atoms with van der Waals surface area (Å²) in [5.41, 5.74) is 3.31. The molecule has 3 aliphatic rings. The van der Waals surface area contributed by atoms with E-state index < -0.39 is 6.17 Å². The van der Waals surface area contributed by atoms with E-state index in [1.165, 1.54) is 0 Å². The monoisotopic (exact) mass is 494 g/mol. The summed E-state index contributed by atoms with van der Waals surface area (Å²) in [4.78, 5) is 27.2. The molecule has 1 amide bonds. The molecule has 0 radical (unpaired) electrons. The Balaban J connectivity index is 1.08. The number of carbonyl (C=O) groups excluding carboxylic acids is 1. The van der Waals surface area contributed by atoms with E-state index in [0.29, 0.717) is 50.1 Å². The van der Waals surface area contributed by atoms with Crippen LogP contribution < -0.4 is 24.8 Å². The standard InChI is InChI=1S/C25H27FN6O4/c1-34-22-5-3-18-24(31-22)23-14(12-35-20(23)9-28-18)10-32-7-6-17(16(26)11-32)27-8-15-2-4-19-25(29-15)30-21(33)13-36-19/h2-5,9,14,16-17,27H,6-8,10-13H2,1H3,(H,29,30,33)/t14?,16-,17-/m0/s1. The van der Waals surface area contributed by atoms with E-state index in [9.17, 15) is 4.79 Å². The number of methoxy groups -OCH3 is 1. The van der Waals surface area contributed by atoms with Gasteiger partial charge in [-0.25, -0.2) is 14.4 Å². The highest BCUT2D eigenvalue weighted by molar-refractivity contribution is 5.94. The van der Waals surface area contributed by atoms with Gasteiger partial charge in [-0.15, -0.1) is 0 Å². The van der Waals surface area contributed by atoms with Crippen molar-refractivity contribution in [3.8, 4) is 17.4 Å². The van der Waals surface area contributed by atoms with Crippen LogP contribution in [0.5, 0.6) is 17.4 Å². The normalized spacial score (nSPS) is 23.4. The van der Waals surface area contributed by atoms with Crippen LogP contribution in [0.2, 0.25) is 0 Å². The number of aromatic nitrogens is 3. The minimum atomic E-state index is -1.02. The van der Waals surface area contributed by atoms with E-state index in [1.54, 1.807) is 25.4 Å². The van der Waals surface area contributed by atoms with Gasteiger partial charge in [-0.3, -0.25) is 14.7 Å². The first-order valence-electron chi connectivity index (χ1n) is 12.1. The number of likely N-dealkylation sites (tertiary alicyclic amines) is 1. The molecule has 0 saturated carbocycles. The third kappa shape index (κ3) is 4.40. The first-order valence-corrected chi connectivity index (χ1v) is 12.1. The summed E-state index contributed by atoms with van der Waals surface area (Å²) in [6, 6.07) is 7.02. The SMILES string of the molecule is COc1ccc2ncc3c(c2n1)C(CN1CC[C@H](NCc2ccc4c(n2)NC(=O)CO4)[C@@H](F)C1)CO3. The second-order valence-corrected chi connectivity index (χ2v) is 9.30. The van der Waals surface area contributed by atoms with E-state index in [0.717, 1.165) is 34.6 Å². The number of fused-ring (bicyclic) bond motifs is 4. The summed E-state index contributed by atoms with van der Waals surface area (Å²) in [5, 5.41) is 6.00. The molecule has 2 N–H and O–H groups in total. The van der Waals surface area contributed by atoms with Crippen molar-refractivity contribution in [3.63, 3.8) is 0 Å². The molecule has 3 aliphatic heterocycles. The van der Waals surface area contributed by atoms with E-state index in [4.69, 9.17) is 14.2 Å². The van der Waals surface area contributed by atoms with Crippen molar-refractivity contribution in [3.05, 3.63) is 41.7 Å². The van der Waals surface area contributed by atoms with Gasteiger partial charge in [0, 0.05) is 43.2 Å². The number of ether oxygens (including phenoxy) is 3. The molecule has 36 heavy (non-hydrogen) atoms. The van der Waals surface area contributed by atoms with E-state index >= 15 is 4.39 Å². The number of nitrogens with one attached hydrogen (secondary N) is 2. The molecule has 3 atom stereocenters. The summed E-state index contributed by atoms with van der Waals surface area (Å²) in [7, 11) is 1.59. The Labute approximate surface area is 207 Å². The van der Waals surface area contributed by atoms with Crippen LogP contribution in [0.4, 0.5) is 10.2 Å². The van der Waals surface area contributed by atoms with Crippen molar-refractivity contribution in [2.45, 2.75) is 31.1 Å². The number of halogens is 1. The fourth-order valence-electron chi connectivity index (χ4n) is 5.11. The van der Waals surface area contributed by atoms with Crippen LogP contribution in [0.1, 0.15) is 23.6 Å². The number of amides is 1. The molecule has 1 saturated heterocycles. The highest BCUT2D eigenvalue weighted by Crippen LogP contribution is 2.39. The first kappa shape index (κ1) is 22.9. The fourth-order valence-corrected chi connectivity index (χ4v) is 5.11. The number of anilines is 1. The minimum Gasteiger partial charge on any atom is -0.491 e. The van der Waals surface area contributed by atoms with Crippen LogP contribution in [0.25, 0.3) is 11.0 Å². The zero-order valence-corrected chi connectivity index (χ0v) is 19.9. The van der Waals surface area contributed by atoms with Crippen molar-refractivity contribution in [2.75, 3.05) is 45.3 Å². The molecule has 188 valence electrons. The minimum absolute atomic E-state index is 0.00916. The van der Waals surface area contributed by atoms with Gasteiger partial charge in [0.25, 0.3) is 5.91 Å². The fraction of sp³-hybridized carbons (Fsp3) is 0.440. The third-order valence-corrected chi connectivity index (χ3v) is 6.93. The predicted molar refractivity (Wildman–Crippen MR) is 129 cm³/mol. The smallest absolute Gasteiger partial charge is 0.263 e. The number of hydrogen-bond acceptors (Lipinski definition) is 9. The van der Waals surface area contributed by atoms with Gasteiger partial charge in [-0.05, 0) is 31.2 Å². The summed E-state index contributed by atoms with van der Waals surface area (Å²) in [6.07, 6.45) is 1.40. The van der Waals surface area contributed by atoms with Gasteiger partial charge in [0.1, 0.15) is 17.4 Å². The molecule has 1 fully saturated rings. The Morgan fingerprint density at radius 3 is 3.00 bits per heavy atom. The maximum Gasteiger partial charge on any atom is 0.263 e. The molecule has 3 aromatic rings. The van der Waals surface area contributed by atoms with Crippen molar-refractivity contribution < 1.29 is 23.4 Å². The maximum atomic E-state index is 15.2. The van der Waals surface area contributed by atoms with Crippen LogP contribution in [0.3, 0.4) is 0 Å². The lowest BCUT2D eigenvalue weighted by molar-refractivity contribution is -0.118. The first-order chi connectivity index (χ1) is 17.6. The topological polar surface area (TPSA) is 111 Å². The lowest BCUT2D eigenvalue weighted by Crippen LogP contribution is -2.51. The van der Waals surface area contributed by atoms with Crippen LogP contribution in [0.15, 0.2) is 30.5 Å². The van der Waals surface area contributed by atoms with Gasteiger partial charge in [-0.2, -0.15) is 0 Å². The Kier molecular flexibility index (Phi) is 6.02. The highest BCUT2D eigenvalue weighted by Gasteiger charge is 2.34. The van der Waals surface area contributed by atoms with Gasteiger partial charge >= 0.3 is 0 Å². The van der Waals surface area contributed by atoms with Gasteiger partial charge in [0.15, 0.2) is 18.2 Å². The molecule has 10 nitrogen and oxygen atoms in total. The lowest BCUT2D eigenvalue weighted by atomic mass is 9.97. The number of hydrogen-bond donors (Lipinski definition) is 2. The molecule has 11 heteroatoms. The van der Waals surface area contributed by atoms with Gasteiger partial charge in [0.05, 0.1) is 31.1 Å². The molecule has 1 unspecified atom stereocenters. The molecule has 3 aromatic heterocycles. The summed E-state index contributed by atoms with van der Waals surface area (Å²) < 4.78 is 31.7. The maximum absolute atomic E-state index is 15.2. The van der Waals surface area contributed by atoms with E-state index in [-0.39, 0.29) is 24.5 Å². The zero-order chi connectivity index (χ0) is 24.6. The van der Waals surface area contributed by atoms with E-state index in [1.807, 2.05) is 12.1 Å². The summed E-state index contributed by atoms with van der Waals surface area (Å²) in [6.45, 7) is 2.71. The Hall–Kier alpha value is -3.57. The second-order valence-electron chi connectivity index (χ2n) is 9.30. The average molecular weight is 495 g/mol. The van der Waals surface area contributed by atoms with Crippen molar-refractivity contribution in [2.24, 2.45) is 0 Å². The molecule has 0 bridgehead atoms. The lowest BCUT2D eigenvalue weighted by Gasteiger charge is -2.36. The van der Waals surface area contributed by atoms with Crippen molar-refractivity contribution in [1.29, 1.82) is 0 Å². The Bertz CT molecular complexity index is 1310. The molecule has 6 rings (SSSR count). The van der Waals surface area contributed by atoms with Crippen LogP contribution in [-0.4, -0.2) is 77.9 Å². The molecule has 6 heterocycles. The summed E-state index contributed by atoms with van der Waals surface area (Å²) >= 11 is 0. The Morgan fingerprint density at radius 1 is 1.22 bits per heavy atom. The highest BCUT2D eigenvalue weighted by atomic mass is 19.1. The number of carbonyl (C=O) groups is 1. The molecule has 0 aliphatic carbocycles. The van der Waals surface area contributed by atoms with Crippen LogP contribution in [-0.2, 0) is 11.3 Å². The quantitative estimate of drug-likeness (QED) is 0.532. The number of alkyl halides is 1. The largest absolute Gasteiger partial charge is 0.491 e. The van der Waals surface area contributed by atoms with Gasteiger partial charge < -0.3 is 24.8 Å². The molecule has 0 spiro atoms.